The van der Waals surface area contributed by atoms with E-state index in [0.29, 0.717) is 41.1 Å². The Balaban J connectivity index is 1.52. The molecule has 1 saturated carbocycles. The molecule has 146 valence electrons. The Hall–Kier alpha value is -1.79. The van der Waals surface area contributed by atoms with Crippen LogP contribution >= 0.6 is 11.6 Å². The number of amides is 2. The molecule has 0 radical (unpaired) electrons. The van der Waals surface area contributed by atoms with Gasteiger partial charge in [0.05, 0.1) is 12.7 Å². The van der Waals surface area contributed by atoms with Crippen molar-refractivity contribution in [1.82, 2.24) is 9.80 Å². The molecule has 2 aliphatic heterocycles. The lowest BCUT2D eigenvalue weighted by Gasteiger charge is -2.29. The minimum Gasteiger partial charge on any atom is -0.496 e. The zero-order chi connectivity index (χ0) is 19.1. The molecule has 0 aromatic heterocycles. The quantitative estimate of drug-likeness (QED) is 0.856. The minimum atomic E-state index is -0.406. The first-order valence-electron chi connectivity index (χ1n) is 9.68. The van der Waals surface area contributed by atoms with E-state index in [1.807, 2.05) is 4.90 Å². The molecule has 7 heteroatoms. The molecule has 0 bridgehead atoms. The molecule has 2 saturated heterocycles. The van der Waals surface area contributed by atoms with E-state index in [1.54, 1.807) is 23.1 Å². The van der Waals surface area contributed by atoms with E-state index in [4.69, 9.17) is 22.1 Å². The summed E-state index contributed by atoms with van der Waals surface area (Å²) >= 11 is 6.08. The van der Waals surface area contributed by atoms with Gasteiger partial charge in [-0.1, -0.05) is 11.6 Å². The molecule has 0 spiro atoms. The van der Waals surface area contributed by atoms with E-state index in [1.165, 1.54) is 7.11 Å². The number of ether oxygens (including phenoxy) is 1. The molecule has 4 atom stereocenters. The number of rotatable bonds is 3. The Morgan fingerprint density at radius 1 is 1.22 bits per heavy atom. The first-order valence-corrected chi connectivity index (χ1v) is 10.1. The summed E-state index contributed by atoms with van der Waals surface area (Å²) in [4.78, 5) is 30.0. The van der Waals surface area contributed by atoms with Gasteiger partial charge >= 0.3 is 0 Å². The summed E-state index contributed by atoms with van der Waals surface area (Å²) in [5.41, 5.74) is 6.61. The van der Waals surface area contributed by atoms with Gasteiger partial charge in [-0.25, -0.2) is 0 Å². The van der Waals surface area contributed by atoms with Crippen LogP contribution in [0.25, 0.3) is 0 Å². The van der Waals surface area contributed by atoms with Gasteiger partial charge in [-0.15, -0.1) is 0 Å². The maximum absolute atomic E-state index is 13.2. The number of likely N-dealkylation sites (tertiary alicyclic amines) is 2. The molecule has 27 heavy (non-hydrogen) atoms. The Morgan fingerprint density at radius 3 is 2.78 bits per heavy atom. The molecule has 3 aliphatic rings. The van der Waals surface area contributed by atoms with Crippen molar-refractivity contribution in [1.29, 1.82) is 0 Å². The van der Waals surface area contributed by atoms with Crippen LogP contribution in [0.1, 0.15) is 36.0 Å². The molecule has 4 rings (SSSR count). The predicted molar refractivity (Wildman–Crippen MR) is 103 cm³/mol. The number of fused-ring (bicyclic) bond motifs is 1. The maximum atomic E-state index is 13.2. The van der Waals surface area contributed by atoms with E-state index in [-0.39, 0.29) is 17.9 Å². The number of methoxy groups -OCH3 is 1. The molecule has 2 heterocycles. The third kappa shape index (κ3) is 3.29. The number of nitrogens with zero attached hydrogens (tertiary/aromatic N) is 2. The number of nitrogens with two attached hydrogens (primary N) is 1. The zero-order valence-electron chi connectivity index (χ0n) is 15.6. The van der Waals surface area contributed by atoms with Crippen molar-refractivity contribution in [3.05, 3.63) is 28.8 Å². The van der Waals surface area contributed by atoms with E-state index in [0.717, 1.165) is 32.4 Å². The first kappa shape index (κ1) is 18.6. The van der Waals surface area contributed by atoms with E-state index in [2.05, 4.69) is 0 Å². The maximum Gasteiger partial charge on any atom is 0.258 e. The predicted octanol–water partition coefficient (Wildman–Crippen LogP) is 2.15. The normalized spacial score (nSPS) is 29.9. The standard InChI is InChI=1S/C20H26ClN3O3/c1-27-18-7-5-13(21)9-14(18)19(25)24-8-2-3-17(24)20(26)23-10-12-4-6-16(22)15(12)11-23/h5,7,9,12,15-17H,2-4,6,8,10-11,22H2,1H3. The fraction of sp³-hybridized carbons (Fsp3) is 0.600. The van der Waals surface area contributed by atoms with Gasteiger partial charge in [0.25, 0.3) is 5.91 Å². The van der Waals surface area contributed by atoms with Gasteiger partial charge in [-0.2, -0.15) is 0 Å². The fourth-order valence-corrected chi connectivity index (χ4v) is 5.14. The molecule has 1 aromatic rings. The highest BCUT2D eigenvalue weighted by Gasteiger charge is 2.45. The van der Waals surface area contributed by atoms with Crippen molar-refractivity contribution in [2.75, 3.05) is 26.7 Å². The molecular formula is C20H26ClN3O3. The smallest absolute Gasteiger partial charge is 0.258 e. The second kappa shape index (κ2) is 7.32. The lowest BCUT2D eigenvalue weighted by Crippen LogP contribution is -2.47. The van der Waals surface area contributed by atoms with Crippen LogP contribution < -0.4 is 10.5 Å². The van der Waals surface area contributed by atoms with E-state index >= 15 is 0 Å². The third-order valence-electron chi connectivity index (χ3n) is 6.41. The van der Waals surface area contributed by atoms with E-state index < -0.39 is 6.04 Å². The lowest BCUT2D eigenvalue weighted by atomic mass is 9.98. The number of hydrogen-bond acceptors (Lipinski definition) is 4. The van der Waals surface area contributed by atoms with Gasteiger partial charge in [-0.05, 0) is 55.7 Å². The van der Waals surface area contributed by atoms with Crippen LogP contribution in [0.2, 0.25) is 5.02 Å². The SMILES string of the molecule is COc1ccc(Cl)cc1C(=O)N1CCCC1C(=O)N1CC2CCC(N)C2C1. The van der Waals surface area contributed by atoms with Crippen LogP contribution in [0.15, 0.2) is 18.2 Å². The van der Waals surface area contributed by atoms with Crippen LogP contribution in [0.4, 0.5) is 0 Å². The third-order valence-corrected chi connectivity index (χ3v) is 6.65. The number of halogens is 1. The van der Waals surface area contributed by atoms with Gasteiger partial charge in [0.1, 0.15) is 11.8 Å². The molecule has 2 amide bonds. The van der Waals surface area contributed by atoms with Crippen molar-refractivity contribution >= 4 is 23.4 Å². The Morgan fingerprint density at radius 2 is 2.04 bits per heavy atom. The lowest BCUT2D eigenvalue weighted by molar-refractivity contribution is -0.134. The Kier molecular flexibility index (Phi) is 5.03. The molecule has 6 nitrogen and oxygen atoms in total. The summed E-state index contributed by atoms with van der Waals surface area (Å²) in [6.45, 7) is 2.07. The molecule has 1 aliphatic carbocycles. The Bertz CT molecular complexity index is 756. The monoisotopic (exact) mass is 391 g/mol. The highest BCUT2D eigenvalue weighted by Crippen LogP contribution is 2.38. The summed E-state index contributed by atoms with van der Waals surface area (Å²) < 4.78 is 5.32. The van der Waals surface area contributed by atoms with Crippen LogP contribution in [-0.2, 0) is 4.79 Å². The summed E-state index contributed by atoms with van der Waals surface area (Å²) in [7, 11) is 1.53. The second-order valence-electron chi connectivity index (χ2n) is 7.91. The van der Waals surface area contributed by atoms with Crippen LogP contribution in [-0.4, -0.2) is 60.4 Å². The molecule has 4 unspecified atom stereocenters. The van der Waals surface area contributed by atoms with Crippen LogP contribution in [0.5, 0.6) is 5.75 Å². The minimum absolute atomic E-state index is 0.0587. The van der Waals surface area contributed by atoms with Crippen molar-refractivity contribution in [3.63, 3.8) is 0 Å². The molecular weight excluding hydrogens is 366 g/mol. The second-order valence-corrected chi connectivity index (χ2v) is 8.35. The summed E-state index contributed by atoms with van der Waals surface area (Å²) in [5, 5.41) is 0.475. The summed E-state index contributed by atoms with van der Waals surface area (Å²) in [6, 6.07) is 4.78. The topological polar surface area (TPSA) is 75.9 Å². The number of hydrogen-bond donors (Lipinski definition) is 1. The van der Waals surface area contributed by atoms with Crippen molar-refractivity contribution in [2.45, 2.75) is 37.8 Å². The van der Waals surface area contributed by atoms with Gasteiger partial charge in [-0.3, -0.25) is 9.59 Å². The average molecular weight is 392 g/mol. The number of carbonyl (C=O) groups is 2. The van der Waals surface area contributed by atoms with Crippen molar-refractivity contribution < 1.29 is 14.3 Å². The first-order chi connectivity index (χ1) is 13.0. The Labute approximate surface area is 164 Å². The highest BCUT2D eigenvalue weighted by atomic mass is 35.5. The van der Waals surface area contributed by atoms with Crippen LogP contribution in [0, 0.1) is 11.8 Å². The highest BCUT2D eigenvalue weighted by molar-refractivity contribution is 6.31. The van der Waals surface area contributed by atoms with Gasteiger partial charge in [0.15, 0.2) is 0 Å². The molecule has 2 N–H and O–H groups in total. The summed E-state index contributed by atoms with van der Waals surface area (Å²) in [5.74, 6) is 1.27. The number of benzene rings is 1. The van der Waals surface area contributed by atoms with Gasteiger partial charge in [0.2, 0.25) is 5.91 Å². The average Bonchev–Trinajstić information content (AvgIpc) is 3.38. The fourth-order valence-electron chi connectivity index (χ4n) is 4.97. The molecule has 1 aromatic carbocycles. The number of carbonyl (C=O) groups excluding carboxylic acids is 2. The van der Waals surface area contributed by atoms with Crippen LogP contribution in [0.3, 0.4) is 0 Å². The van der Waals surface area contributed by atoms with Crippen molar-refractivity contribution in [2.24, 2.45) is 17.6 Å². The molecule has 3 fully saturated rings. The van der Waals surface area contributed by atoms with Gasteiger partial charge in [0, 0.05) is 30.7 Å². The van der Waals surface area contributed by atoms with Gasteiger partial charge < -0.3 is 20.3 Å². The van der Waals surface area contributed by atoms with E-state index in [9.17, 15) is 9.59 Å². The largest absolute Gasteiger partial charge is 0.496 e. The van der Waals surface area contributed by atoms with Crippen molar-refractivity contribution in [3.8, 4) is 5.75 Å². The summed E-state index contributed by atoms with van der Waals surface area (Å²) in [6.07, 6.45) is 3.68. The zero-order valence-corrected chi connectivity index (χ0v) is 16.3.